The van der Waals surface area contributed by atoms with E-state index in [1.165, 1.54) is 6.07 Å². The van der Waals surface area contributed by atoms with Gasteiger partial charge in [-0.05, 0) is 40.8 Å². The average molecular weight is 252 g/mol. The van der Waals surface area contributed by atoms with Crippen LogP contribution in [0.4, 0.5) is 4.39 Å². The smallest absolute Gasteiger partial charge is 0.136 e. The number of halogens is 2. The molecule has 0 spiro atoms. The van der Waals surface area contributed by atoms with Gasteiger partial charge in [-0.25, -0.2) is 4.39 Å². The van der Waals surface area contributed by atoms with Crippen molar-refractivity contribution in [3.05, 3.63) is 27.6 Å². The van der Waals surface area contributed by atoms with Crippen LogP contribution in [-0.2, 0) is 0 Å². The van der Waals surface area contributed by atoms with Crippen LogP contribution < -0.4 is 4.74 Å². The van der Waals surface area contributed by atoms with Crippen molar-refractivity contribution in [3.8, 4) is 5.75 Å². The van der Waals surface area contributed by atoms with Gasteiger partial charge in [-0.2, -0.15) is 0 Å². The minimum atomic E-state index is -0.207. The summed E-state index contributed by atoms with van der Waals surface area (Å²) in [5.74, 6) is 0.479. The lowest BCUT2D eigenvalue weighted by Crippen LogP contribution is -1.85. The third-order valence-electron chi connectivity index (χ3n) is 1.13. The minimum absolute atomic E-state index is 0.207. The Labute approximate surface area is 72.3 Å². The van der Waals surface area contributed by atoms with Crippen LogP contribution in [0.15, 0.2) is 18.2 Å². The van der Waals surface area contributed by atoms with E-state index in [0.717, 1.165) is 0 Å². The van der Waals surface area contributed by atoms with Crippen LogP contribution in [0.3, 0.4) is 0 Å². The van der Waals surface area contributed by atoms with Gasteiger partial charge in [0.1, 0.15) is 11.6 Å². The molecule has 0 saturated heterocycles. The highest BCUT2D eigenvalue weighted by molar-refractivity contribution is 14.1. The fraction of sp³-hybridized carbons (Fsp3) is 0.143. The zero-order chi connectivity index (χ0) is 7.56. The average Bonchev–Trinajstić information content (AvgIpc) is 1.95. The second kappa shape index (κ2) is 3.18. The lowest BCUT2D eigenvalue weighted by molar-refractivity contribution is 0.413. The van der Waals surface area contributed by atoms with Crippen molar-refractivity contribution in [3.63, 3.8) is 0 Å². The molecule has 1 aromatic rings. The molecule has 54 valence electrons. The highest BCUT2D eigenvalue weighted by atomic mass is 127. The maximum Gasteiger partial charge on any atom is 0.136 e. The molecular weight excluding hydrogens is 246 g/mol. The molecule has 0 aliphatic rings. The fourth-order valence-electron chi connectivity index (χ4n) is 0.604. The van der Waals surface area contributed by atoms with Crippen LogP contribution >= 0.6 is 22.6 Å². The Balaban J connectivity index is 3.04. The van der Waals surface area contributed by atoms with Gasteiger partial charge in [0, 0.05) is 0 Å². The van der Waals surface area contributed by atoms with E-state index < -0.39 is 0 Å². The maximum atomic E-state index is 12.6. The summed E-state index contributed by atoms with van der Waals surface area (Å²) in [6.45, 7) is 0. The Morgan fingerprint density at radius 1 is 1.50 bits per heavy atom. The monoisotopic (exact) mass is 252 g/mol. The molecule has 0 aromatic heterocycles. The molecular formula is C7H6FIO. The van der Waals surface area contributed by atoms with Gasteiger partial charge in [0.25, 0.3) is 0 Å². The van der Waals surface area contributed by atoms with Gasteiger partial charge in [0.05, 0.1) is 10.7 Å². The van der Waals surface area contributed by atoms with Crippen LogP contribution in [0.1, 0.15) is 0 Å². The van der Waals surface area contributed by atoms with E-state index in [-0.39, 0.29) is 5.82 Å². The standard InChI is InChI=1S/C7H6FIO/c1-10-5-2-3-6(8)7(9)4-5/h2-4H,1H3. The molecule has 0 fully saturated rings. The predicted octanol–water partition coefficient (Wildman–Crippen LogP) is 2.44. The molecule has 0 atom stereocenters. The van der Waals surface area contributed by atoms with Gasteiger partial charge in [-0.3, -0.25) is 0 Å². The molecule has 0 heterocycles. The van der Waals surface area contributed by atoms with Crippen molar-refractivity contribution in [2.24, 2.45) is 0 Å². The minimum Gasteiger partial charge on any atom is -0.497 e. The molecule has 3 heteroatoms. The lowest BCUT2D eigenvalue weighted by Gasteiger charge is -1.99. The Morgan fingerprint density at radius 2 is 2.20 bits per heavy atom. The number of methoxy groups -OCH3 is 1. The summed E-state index contributed by atoms with van der Waals surface area (Å²) >= 11 is 1.92. The van der Waals surface area contributed by atoms with E-state index in [9.17, 15) is 4.39 Å². The van der Waals surface area contributed by atoms with Gasteiger partial charge in [0.2, 0.25) is 0 Å². The molecule has 0 saturated carbocycles. The third-order valence-corrected chi connectivity index (χ3v) is 1.95. The highest BCUT2D eigenvalue weighted by Gasteiger charge is 1.98. The van der Waals surface area contributed by atoms with Gasteiger partial charge in [-0.1, -0.05) is 0 Å². The molecule has 0 aliphatic heterocycles. The number of ether oxygens (including phenoxy) is 1. The van der Waals surface area contributed by atoms with Crippen molar-refractivity contribution < 1.29 is 9.13 Å². The zero-order valence-electron chi connectivity index (χ0n) is 5.40. The number of hydrogen-bond acceptors (Lipinski definition) is 1. The van der Waals surface area contributed by atoms with Crippen molar-refractivity contribution >= 4 is 22.6 Å². The molecule has 0 bridgehead atoms. The molecule has 0 radical (unpaired) electrons. The summed E-state index contributed by atoms with van der Waals surface area (Å²) in [5.41, 5.74) is 0. The SMILES string of the molecule is COc1ccc(F)c(I)c1. The fourth-order valence-corrected chi connectivity index (χ4v) is 1.09. The summed E-state index contributed by atoms with van der Waals surface area (Å²) in [6.07, 6.45) is 0. The van der Waals surface area contributed by atoms with Crippen LogP contribution in [0, 0.1) is 9.39 Å². The summed E-state index contributed by atoms with van der Waals surface area (Å²) in [4.78, 5) is 0. The lowest BCUT2D eigenvalue weighted by atomic mass is 10.3. The predicted molar refractivity (Wildman–Crippen MR) is 45.7 cm³/mol. The normalized spacial score (nSPS) is 9.50. The molecule has 1 aromatic carbocycles. The van der Waals surface area contributed by atoms with E-state index in [4.69, 9.17) is 4.74 Å². The van der Waals surface area contributed by atoms with E-state index in [2.05, 4.69) is 0 Å². The third kappa shape index (κ3) is 1.59. The summed E-state index contributed by atoms with van der Waals surface area (Å²) < 4.78 is 18.0. The van der Waals surface area contributed by atoms with Crippen molar-refractivity contribution in [2.75, 3.05) is 7.11 Å². The van der Waals surface area contributed by atoms with Crippen LogP contribution in [0.2, 0.25) is 0 Å². The van der Waals surface area contributed by atoms with Gasteiger partial charge < -0.3 is 4.74 Å². The van der Waals surface area contributed by atoms with Crippen molar-refractivity contribution in [1.29, 1.82) is 0 Å². The van der Waals surface area contributed by atoms with Gasteiger partial charge in [-0.15, -0.1) is 0 Å². The second-order valence-corrected chi connectivity index (χ2v) is 2.94. The van der Waals surface area contributed by atoms with E-state index >= 15 is 0 Å². The van der Waals surface area contributed by atoms with E-state index in [1.54, 1.807) is 19.2 Å². The maximum absolute atomic E-state index is 12.6. The van der Waals surface area contributed by atoms with Gasteiger partial charge in [0.15, 0.2) is 0 Å². The van der Waals surface area contributed by atoms with Crippen molar-refractivity contribution in [2.45, 2.75) is 0 Å². The topological polar surface area (TPSA) is 9.23 Å². The Morgan fingerprint density at radius 3 is 2.70 bits per heavy atom. The number of hydrogen-bond donors (Lipinski definition) is 0. The molecule has 0 N–H and O–H groups in total. The Hall–Kier alpha value is -0.320. The van der Waals surface area contributed by atoms with Crippen LogP contribution in [0.5, 0.6) is 5.75 Å². The Bertz CT molecular complexity index is 237. The Kier molecular flexibility index (Phi) is 2.48. The molecule has 1 rings (SSSR count). The van der Waals surface area contributed by atoms with Gasteiger partial charge >= 0.3 is 0 Å². The van der Waals surface area contributed by atoms with Crippen LogP contribution in [-0.4, -0.2) is 7.11 Å². The number of rotatable bonds is 1. The van der Waals surface area contributed by atoms with E-state index in [0.29, 0.717) is 9.32 Å². The first-order chi connectivity index (χ1) is 4.74. The molecule has 0 aliphatic carbocycles. The molecule has 0 amide bonds. The summed E-state index contributed by atoms with van der Waals surface area (Å²) in [5, 5.41) is 0. The first-order valence-corrected chi connectivity index (χ1v) is 3.81. The molecule has 0 unspecified atom stereocenters. The van der Waals surface area contributed by atoms with E-state index in [1.807, 2.05) is 22.6 Å². The molecule has 10 heavy (non-hydrogen) atoms. The van der Waals surface area contributed by atoms with Crippen LogP contribution in [0.25, 0.3) is 0 Å². The quantitative estimate of drug-likeness (QED) is 0.697. The molecule has 1 nitrogen and oxygen atoms in total. The largest absolute Gasteiger partial charge is 0.497 e. The first-order valence-electron chi connectivity index (χ1n) is 2.73. The first kappa shape index (κ1) is 7.78. The second-order valence-electron chi connectivity index (χ2n) is 1.78. The highest BCUT2D eigenvalue weighted by Crippen LogP contribution is 2.17. The summed E-state index contributed by atoms with van der Waals surface area (Å²) in [6, 6.07) is 4.63. The number of benzene rings is 1. The van der Waals surface area contributed by atoms with Crippen molar-refractivity contribution in [1.82, 2.24) is 0 Å². The summed E-state index contributed by atoms with van der Waals surface area (Å²) in [7, 11) is 1.56. The zero-order valence-corrected chi connectivity index (χ0v) is 7.55.